The average molecular weight is 354 g/mol. The molecule has 0 radical (unpaired) electrons. The van der Waals surface area contributed by atoms with Gasteiger partial charge in [-0.25, -0.2) is 5.10 Å². The van der Waals surface area contributed by atoms with Gasteiger partial charge in [0.25, 0.3) is 0 Å². The van der Waals surface area contributed by atoms with E-state index in [1.807, 2.05) is 60.7 Å². The minimum Gasteiger partial charge on any atom is -0.323 e. The Morgan fingerprint density at radius 3 is 2.70 bits per heavy atom. The Bertz CT molecular complexity index is 1200. The summed E-state index contributed by atoms with van der Waals surface area (Å²) in [6, 6.07) is 19.8. The summed E-state index contributed by atoms with van der Waals surface area (Å²) >= 11 is 0. The number of benzene rings is 3. The summed E-state index contributed by atoms with van der Waals surface area (Å²) in [5, 5.41) is 19.1. The maximum Gasteiger partial charge on any atom is 0.246 e. The molecule has 7 nitrogen and oxygen atoms in total. The third-order valence-corrected chi connectivity index (χ3v) is 4.58. The number of fused-ring (bicyclic) bond motifs is 3. The van der Waals surface area contributed by atoms with Crippen molar-refractivity contribution in [3.8, 4) is 11.4 Å². The predicted molar refractivity (Wildman–Crippen MR) is 103 cm³/mol. The van der Waals surface area contributed by atoms with Gasteiger partial charge >= 0.3 is 0 Å². The smallest absolute Gasteiger partial charge is 0.246 e. The molecular weight excluding hydrogens is 340 g/mol. The summed E-state index contributed by atoms with van der Waals surface area (Å²) < 4.78 is 0. The SMILES string of the molecule is O=C1CN=C(c2cccc(-c3nnn[nH]3)c2)c2ccc3ccccc3c2N1. The van der Waals surface area contributed by atoms with Crippen molar-refractivity contribution in [1.29, 1.82) is 0 Å². The molecule has 1 aliphatic rings. The molecule has 3 aromatic carbocycles. The number of aliphatic imine (C=N–C) groups is 1. The van der Waals surface area contributed by atoms with E-state index in [-0.39, 0.29) is 12.5 Å². The van der Waals surface area contributed by atoms with Crippen molar-refractivity contribution >= 4 is 28.1 Å². The van der Waals surface area contributed by atoms with E-state index < -0.39 is 0 Å². The molecule has 2 N–H and O–H groups in total. The highest BCUT2D eigenvalue weighted by atomic mass is 16.1. The van der Waals surface area contributed by atoms with Crippen LogP contribution in [0.5, 0.6) is 0 Å². The Labute approximate surface area is 154 Å². The fourth-order valence-corrected chi connectivity index (χ4v) is 3.36. The number of H-pyrrole nitrogens is 1. The minimum absolute atomic E-state index is 0.0758. The lowest BCUT2D eigenvalue weighted by Crippen LogP contribution is -2.13. The van der Waals surface area contributed by atoms with Gasteiger partial charge in [-0.3, -0.25) is 9.79 Å². The molecule has 1 aromatic heterocycles. The molecule has 27 heavy (non-hydrogen) atoms. The first-order chi connectivity index (χ1) is 13.3. The third kappa shape index (κ3) is 2.65. The van der Waals surface area contributed by atoms with Crippen LogP contribution >= 0.6 is 0 Å². The van der Waals surface area contributed by atoms with Crippen LogP contribution in [0.1, 0.15) is 11.1 Å². The number of aromatic amines is 1. The number of carbonyl (C=O) groups excluding carboxylic acids is 1. The highest BCUT2D eigenvalue weighted by Gasteiger charge is 2.20. The Balaban J connectivity index is 1.71. The van der Waals surface area contributed by atoms with Crippen LogP contribution in [0.15, 0.2) is 65.7 Å². The fraction of sp³-hybridized carbons (Fsp3) is 0.0500. The molecule has 0 atom stereocenters. The molecule has 1 amide bonds. The molecule has 130 valence electrons. The fourth-order valence-electron chi connectivity index (χ4n) is 3.36. The lowest BCUT2D eigenvalue weighted by Gasteiger charge is -2.13. The monoisotopic (exact) mass is 354 g/mol. The Morgan fingerprint density at radius 1 is 0.926 bits per heavy atom. The zero-order valence-corrected chi connectivity index (χ0v) is 14.2. The molecule has 7 heteroatoms. The largest absolute Gasteiger partial charge is 0.323 e. The average Bonchev–Trinajstić information content (AvgIpc) is 3.18. The van der Waals surface area contributed by atoms with Crippen LogP contribution in [0.2, 0.25) is 0 Å². The van der Waals surface area contributed by atoms with Gasteiger partial charge in [0.2, 0.25) is 5.91 Å². The Hall–Kier alpha value is -3.87. The van der Waals surface area contributed by atoms with Crippen LogP contribution in [-0.2, 0) is 4.79 Å². The standard InChI is InChI=1S/C20H14N6O/c27-17-11-21-18(13-5-3-6-14(10-13)20-23-25-26-24-20)16-9-8-12-4-1-2-7-15(12)19(16)22-17/h1-10H,11H2,(H,22,27)(H,23,24,25,26). The number of rotatable bonds is 2. The molecule has 4 aromatic rings. The van der Waals surface area contributed by atoms with Crippen LogP contribution < -0.4 is 5.32 Å². The molecule has 0 unspecified atom stereocenters. The maximum absolute atomic E-state index is 12.3. The first kappa shape index (κ1) is 15.4. The number of nitrogens with one attached hydrogen (secondary N) is 2. The topological polar surface area (TPSA) is 95.9 Å². The van der Waals surface area contributed by atoms with Gasteiger partial charge in [0.15, 0.2) is 5.82 Å². The van der Waals surface area contributed by atoms with E-state index in [4.69, 9.17) is 0 Å². The highest BCUT2D eigenvalue weighted by Crippen LogP contribution is 2.31. The normalized spacial score (nSPS) is 13.6. The van der Waals surface area contributed by atoms with Crippen LogP contribution in [-0.4, -0.2) is 38.8 Å². The van der Waals surface area contributed by atoms with E-state index in [0.717, 1.165) is 38.9 Å². The van der Waals surface area contributed by atoms with Gasteiger partial charge in [-0.1, -0.05) is 54.6 Å². The number of hydrogen-bond acceptors (Lipinski definition) is 5. The first-order valence-corrected chi connectivity index (χ1v) is 8.50. The van der Waals surface area contributed by atoms with Crippen LogP contribution in [0.4, 0.5) is 5.69 Å². The molecule has 0 saturated carbocycles. The van der Waals surface area contributed by atoms with Crippen molar-refractivity contribution < 1.29 is 4.79 Å². The Kier molecular flexibility index (Phi) is 3.50. The molecule has 0 saturated heterocycles. The van der Waals surface area contributed by atoms with Crippen LogP contribution in [0.25, 0.3) is 22.2 Å². The molecular formula is C20H14N6O. The zero-order valence-electron chi connectivity index (χ0n) is 14.2. The maximum atomic E-state index is 12.3. The molecule has 1 aliphatic heterocycles. The molecule has 0 bridgehead atoms. The molecule has 0 aliphatic carbocycles. The number of tetrazole rings is 1. The van der Waals surface area contributed by atoms with E-state index in [0.29, 0.717) is 5.82 Å². The van der Waals surface area contributed by atoms with Crippen molar-refractivity contribution in [2.24, 2.45) is 4.99 Å². The zero-order chi connectivity index (χ0) is 18.2. The molecule has 0 spiro atoms. The quantitative estimate of drug-likeness (QED) is 0.578. The number of aromatic nitrogens is 4. The van der Waals surface area contributed by atoms with Crippen molar-refractivity contribution in [3.63, 3.8) is 0 Å². The summed E-state index contributed by atoms with van der Waals surface area (Å²) in [5.41, 5.74) is 4.21. The van der Waals surface area contributed by atoms with E-state index in [2.05, 4.69) is 30.9 Å². The predicted octanol–water partition coefficient (Wildman–Crippen LogP) is 2.81. The lowest BCUT2D eigenvalue weighted by molar-refractivity contribution is -0.114. The van der Waals surface area contributed by atoms with Gasteiger partial charge in [0.05, 0.1) is 11.4 Å². The first-order valence-electron chi connectivity index (χ1n) is 8.50. The van der Waals surface area contributed by atoms with Crippen molar-refractivity contribution in [2.75, 3.05) is 11.9 Å². The third-order valence-electron chi connectivity index (χ3n) is 4.58. The second kappa shape index (κ2) is 6.14. The summed E-state index contributed by atoms with van der Waals surface area (Å²) in [5.74, 6) is 0.456. The Morgan fingerprint density at radius 2 is 1.81 bits per heavy atom. The minimum atomic E-state index is -0.127. The van der Waals surface area contributed by atoms with E-state index in [9.17, 15) is 4.79 Å². The number of amides is 1. The second-order valence-electron chi connectivity index (χ2n) is 6.25. The second-order valence-corrected chi connectivity index (χ2v) is 6.25. The van der Waals surface area contributed by atoms with E-state index in [1.54, 1.807) is 0 Å². The van der Waals surface area contributed by atoms with Gasteiger partial charge in [-0.15, -0.1) is 5.10 Å². The van der Waals surface area contributed by atoms with Crippen molar-refractivity contribution in [1.82, 2.24) is 20.6 Å². The molecule has 2 heterocycles. The van der Waals surface area contributed by atoms with E-state index in [1.165, 1.54) is 0 Å². The lowest BCUT2D eigenvalue weighted by atomic mass is 9.95. The summed E-state index contributed by atoms with van der Waals surface area (Å²) in [7, 11) is 0. The summed E-state index contributed by atoms with van der Waals surface area (Å²) in [6.45, 7) is 0.0758. The van der Waals surface area contributed by atoms with Gasteiger partial charge in [0, 0.05) is 22.1 Å². The number of nitrogens with zero attached hydrogens (tertiary/aromatic N) is 4. The van der Waals surface area contributed by atoms with Gasteiger partial charge in [-0.2, -0.15) is 0 Å². The van der Waals surface area contributed by atoms with Crippen molar-refractivity contribution in [2.45, 2.75) is 0 Å². The summed E-state index contributed by atoms with van der Waals surface area (Å²) in [6.07, 6.45) is 0. The highest BCUT2D eigenvalue weighted by molar-refractivity contribution is 6.23. The number of hydrogen-bond donors (Lipinski definition) is 2. The van der Waals surface area contributed by atoms with Gasteiger partial charge in [-0.05, 0) is 21.9 Å². The molecule has 0 fully saturated rings. The van der Waals surface area contributed by atoms with Crippen LogP contribution in [0.3, 0.4) is 0 Å². The van der Waals surface area contributed by atoms with Crippen molar-refractivity contribution in [3.05, 3.63) is 71.8 Å². The van der Waals surface area contributed by atoms with Gasteiger partial charge < -0.3 is 5.32 Å². The number of carbonyl (C=O) groups is 1. The number of anilines is 1. The molecule has 5 rings (SSSR count). The van der Waals surface area contributed by atoms with E-state index >= 15 is 0 Å². The van der Waals surface area contributed by atoms with Crippen LogP contribution in [0, 0.1) is 0 Å². The van der Waals surface area contributed by atoms with Gasteiger partial charge in [0.1, 0.15) is 6.54 Å². The summed E-state index contributed by atoms with van der Waals surface area (Å²) in [4.78, 5) is 16.9.